The minimum atomic E-state index is -0.604. The predicted molar refractivity (Wildman–Crippen MR) is 163 cm³/mol. The fourth-order valence-corrected chi connectivity index (χ4v) is 6.09. The molecule has 0 atom stereocenters. The van der Waals surface area contributed by atoms with E-state index in [1.165, 1.54) is 17.7 Å². The van der Waals surface area contributed by atoms with Crippen molar-refractivity contribution in [2.75, 3.05) is 31.1 Å². The van der Waals surface area contributed by atoms with Crippen LogP contribution >= 0.6 is 22.9 Å². The van der Waals surface area contributed by atoms with Gasteiger partial charge in [-0.05, 0) is 53.7 Å². The molecule has 12 heteroatoms. The molecule has 1 aliphatic rings. The zero-order chi connectivity index (χ0) is 30.4. The first kappa shape index (κ1) is 29.9. The number of hydrogen-bond donors (Lipinski definition) is 0. The van der Waals surface area contributed by atoms with Crippen molar-refractivity contribution < 1.29 is 23.5 Å². The van der Waals surface area contributed by atoms with Gasteiger partial charge in [0.15, 0.2) is 5.82 Å². The summed E-state index contributed by atoms with van der Waals surface area (Å²) < 4.78 is 28.0. The first-order valence-electron chi connectivity index (χ1n) is 13.7. The van der Waals surface area contributed by atoms with E-state index in [0.29, 0.717) is 53.5 Å². The third-order valence-corrected chi connectivity index (χ3v) is 7.80. The highest BCUT2D eigenvalue weighted by Crippen LogP contribution is 2.41. The van der Waals surface area contributed by atoms with Gasteiger partial charge in [0.05, 0.1) is 21.7 Å². The molecule has 1 amide bonds. The molecule has 0 radical (unpaired) electrons. The van der Waals surface area contributed by atoms with Crippen molar-refractivity contribution in [1.82, 2.24) is 19.9 Å². The van der Waals surface area contributed by atoms with Crippen molar-refractivity contribution in [3.8, 4) is 11.1 Å². The largest absolute Gasteiger partial charge is 0.460 e. The summed E-state index contributed by atoms with van der Waals surface area (Å²) in [5.74, 6) is -0.417. The van der Waals surface area contributed by atoms with Crippen molar-refractivity contribution >= 4 is 61.9 Å². The van der Waals surface area contributed by atoms with Gasteiger partial charge in [-0.3, -0.25) is 4.79 Å². The number of amides is 1. The van der Waals surface area contributed by atoms with Crippen molar-refractivity contribution in [1.29, 1.82) is 0 Å². The Balaban J connectivity index is 1.45. The Bertz CT molecular complexity index is 1670. The maximum atomic E-state index is 16.3. The summed E-state index contributed by atoms with van der Waals surface area (Å²) in [5, 5.41) is 1.24. The second-order valence-corrected chi connectivity index (χ2v) is 13.6. The van der Waals surface area contributed by atoms with Crippen LogP contribution in [0.4, 0.5) is 15.0 Å². The molecule has 1 saturated heterocycles. The lowest BCUT2D eigenvalue weighted by atomic mass is 10.0. The van der Waals surface area contributed by atoms with Gasteiger partial charge < -0.3 is 19.3 Å². The maximum Gasteiger partial charge on any atom is 0.410 e. The van der Waals surface area contributed by atoms with Crippen LogP contribution in [0.25, 0.3) is 32.2 Å². The molecule has 0 unspecified atom stereocenters. The van der Waals surface area contributed by atoms with Gasteiger partial charge >= 0.3 is 12.1 Å². The monoisotopic (exact) mass is 613 g/mol. The fourth-order valence-electron chi connectivity index (χ4n) is 4.82. The summed E-state index contributed by atoms with van der Waals surface area (Å²) in [5.41, 5.74) is 0.195. The van der Waals surface area contributed by atoms with Crippen LogP contribution in [0.5, 0.6) is 0 Å². The summed E-state index contributed by atoms with van der Waals surface area (Å²) in [4.78, 5) is 41.9. The molecular formula is C30H33ClFN5O4S. The Morgan fingerprint density at radius 1 is 1.00 bits per heavy atom. The van der Waals surface area contributed by atoms with Crippen LogP contribution in [-0.2, 0) is 20.7 Å². The van der Waals surface area contributed by atoms with Crippen molar-refractivity contribution in [3.05, 3.63) is 46.4 Å². The normalized spacial score (nSPS) is 14.5. The average molecular weight is 614 g/mol. The number of hydrogen-bond acceptors (Lipinski definition) is 9. The number of anilines is 1. The van der Waals surface area contributed by atoms with E-state index in [1.54, 1.807) is 17.0 Å². The molecule has 0 spiro atoms. The molecule has 1 aliphatic heterocycles. The summed E-state index contributed by atoms with van der Waals surface area (Å²) in [7, 11) is 0. The van der Waals surface area contributed by atoms with Crippen LogP contribution < -0.4 is 4.90 Å². The molecule has 222 valence electrons. The topological polar surface area (TPSA) is 97.8 Å². The molecule has 0 bridgehead atoms. The van der Waals surface area contributed by atoms with E-state index in [1.807, 2.05) is 58.6 Å². The maximum absolute atomic E-state index is 16.3. The van der Waals surface area contributed by atoms with Gasteiger partial charge in [0, 0.05) is 42.7 Å². The van der Waals surface area contributed by atoms with Gasteiger partial charge in [0.1, 0.15) is 33.9 Å². The lowest BCUT2D eigenvalue weighted by Gasteiger charge is -2.36. The smallest absolute Gasteiger partial charge is 0.410 e. The second-order valence-electron chi connectivity index (χ2n) is 12.1. The first-order chi connectivity index (χ1) is 19.7. The molecule has 0 aliphatic carbocycles. The van der Waals surface area contributed by atoms with E-state index in [4.69, 9.17) is 21.1 Å². The first-order valence-corrected chi connectivity index (χ1v) is 14.9. The van der Waals surface area contributed by atoms with E-state index in [2.05, 4.69) is 15.0 Å². The number of carbonyl (C=O) groups excluding carboxylic acids is 2. The molecule has 0 saturated carbocycles. The second kappa shape index (κ2) is 11.3. The van der Waals surface area contributed by atoms with Gasteiger partial charge in [-0.15, -0.1) is 11.3 Å². The van der Waals surface area contributed by atoms with Crippen LogP contribution in [0.3, 0.4) is 0 Å². The molecular weight excluding hydrogens is 581 g/mol. The number of fused-ring (bicyclic) bond motifs is 2. The third kappa shape index (κ3) is 6.42. The molecule has 9 nitrogen and oxygen atoms in total. The Kier molecular flexibility index (Phi) is 8.02. The van der Waals surface area contributed by atoms with Crippen molar-refractivity contribution in [2.45, 2.75) is 59.2 Å². The molecule has 4 aromatic rings. The summed E-state index contributed by atoms with van der Waals surface area (Å²) in [6, 6.07) is 7.12. The Labute approximate surface area is 252 Å². The summed E-state index contributed by atoms with van der Waals surface area (Å²) >= 11 is 8.12. The SMILES string of the molecule is CC(C)(C)OC(=O)Cc1nc2c(-c3c(Cl)cc4c(N5CCN(C(=O)OC(C)(C)C)CC5)ncnc4c3F)cccc2s1. The summed E-state index contributed by atoms with van der Waals surface area (Å²) in [6.07, 6.45) is 0.988. The van der Waals surface area contributed by atoms with Crippen LogP contribution in [0.15, 0.2) is 30.6 Å². The van der Waals surface area contributed by atoms with Crippen molar-refractivity contribution in [3.63, 3.8) is 0 Å². The number of nitrogens with zero attached hydrogens (tertiary/aromatic N) is 5. The standard InChI is InChI=1S/C30H33ClFN5O4S/c1-29(2,3)40-22(38)15-21-35-25-17(8-7-9-20(25)42-21)23-19(31)14-18-26(24(23)32)33-16-34-27(18)36-10-12-37(13-11-36)28(39)41-30(4,5)6/h7-9,14,16H,10-13,15H2,1-6H3. The van der Waals surface area contributed by atoms with Crippen LogP contribution in [0.1, 0.15) is 46.6 Å². The lowest BCUT2D eigenvalue weighted by molar-refractivity contribution is -0.153. The Morgan fingerprint density at radius 2 is 1.69 bits per heavy atom. The zero-order valence-electron chi connectivity index (χ0n) is 24.5. The molecule has 1 fully saturated rings. The highest BCUT2D eigenvalue weighted by Gasteiger charge is 2.28. The van der Waals surface area contributed by atoms with Crippen LogP contribution in [0.2, 0.25) is 5.02 Å². The minimum Gasteiger partial charge on any atom is -0.460 e. The molecule has 3 heterocycles. The Hall–Kier alpha value is -3.57. The predicted octanol–water partition coefficient (Wildman–Crippen LogP) is 6.64. The quantitative estimate of drug-likeness (QED) is 0.236. The molecule has 2 aromatic heterocycles. The zero-order valence-corrected chi connectivity index (χ0v) is 26.0. The van der Waals surface area contributed by atoms with Gasteiger partial charge in [0.2, 0.25) is 0 Å². The number of halogens is 2. The van der Waals surface area contributed by atoms with E-state index in [9.17, 15) is 9.59 Å². The minimum absolute atomic E-state index is 0.0156. The molecule has 2 aromatic carbocycles. The number of carbonyl (C=O) groups is 2. The summed E-state index contributed by atoms with van der Waals surface area (Å²) in [6.45, 7) is 12.8. The van der Waals surface area contributed by atoms with Crippen molar-refractivity contribution in [2.24, 2.45) is 0 Å². The number of thiazole rings is 1. The average Bonchev–Trinajstić information content (AvgIpc) is 3.29. The highest BCUT2D eigenvalue weighted by molar-refractivity contribution is 7.18. The third-order valence-electron chi connectivity index (χ3n) is 6.48. The van der Waals surface area contributed by atoms with E-state index in [-0.39, 0.29) is 34.6 Å². The molecule has 42 heavy (non-hydrogen) atoms. The number of ether oxygens (including phenoxy) is 2. The van der Waals surface area contributed by atoms with Gasteiger partial charge in [0.25, 0.3) is 0 Å². The number of benzene rings is 2. The Morgan fingerprint density at radius 3 is 2.36 bits per heavy atom. The number of para-hydroxylation sites is 1. The number of piperazine rings is 1. The fraction of sp³-hybridized carbons (Fsp3) is 0.433. The van der Waals surface area contributed by atoms with E-state index < -0.39 is 17.0 Å². The number of aromatic nitrogens is 3. The van der Waals surface area contributed by atoms with Gasteiger partial charge in [-0.2, -0.15) is 0 Å². The highest BCUT2D eigenvalue weighted by atomic mass is 35.5. The van der Waals surface area contributed by atoms with Gasteiger partial charge in [-0.1, -0.05) is 23.7 Å². The lowest BCUT2D eigenvalue weighted by Crippen LogP contribution is -2.50. The van der Waals surface area contributed by atoms with E-state index in [0.717, 1.165) is 4.70 Å². The molecule has 5 rings (SSSR count). The van der Waals surface area contributed by atoms with E-state index >= 15 is 4.39 Å². The number of rotatable bonds is 4. The number of esters is 1. The molecule has 0 N–H and O–H groups in total. The van der Waals surface area contributed by atoms with Crippen LogP contribution in [-0.4, -0.2) is 69.3 Å². The van der Waals surface area contributed by atoms with Crippen LogP contribution in [0, 0.1) is 5.82 Å². The van der Waals surface area contributed by atoms with Gasteiger partial charge in [-0.25, -0.2) is 24.1 Å².